The number of aromatic nitrogens is 2. The Kier molecular flexibility index (Phi) is 13.8. The summed E-state index contributed by atoms with van der Waals surface area (Å²) < 4.78 is 25.9. The van der Waals surface area contributed by atoms with Crippen LogP contribution in [0.3, 0.4) is 0 Å². The van der Waals surface area contributed by atoms with Crippen LogP contribution in [0, 0.1) is 17.7 Å². The van der Waals surface area contributed by atoms with Crippen LogP contribution in [-0.2, 0) is 14.4 Å². The van der Waals surface area contributed by atoms with E-state index in [9.17, 15) is 33.5 Å². The molecule has 6 atom stereocenters. The zero-order valence-corrected chi connectivity index (χ0v) is 37.1. The molecule has 0 radical (unpaired) electrons. The lowest BCUT2D eigenvalue weighted by Gasteiger charge is -2.30. The van der Waals surface area contributed by atoms with Gasteiger partial charge in [0.2, 0.25) is 11.8 Å². The van der Waals surface area contributed by atoms with Gasteiger partial charge >= 0.3 is 12.0 Å². The number of methoxy groups -OCH3 is 1. The molecule has 7 rings (SSSR count). The summed E-state index contributed by atoms with van der Waals surface area (Å²) in [5.41, 5.74) is 0.525. The number of carboxylic acids is 1. The molecule has 4 aromatic rings. The first kappa shape index (κ1) is 45.2. The minimum atomic E-state index is -1.43. The van der Waals surface area contributed by atoms with Crippen LogP contribution in [-0.4, -0.2) is 99.0 Å². The van der Waals surface area contributed by atoms with Crippen molar-refractivity contribution in [3.8, 4) is 22.9 Å². The Labute approximate surface area is 369 Å². The molecular formula is C46H56FN7O8S. The molecule has 1 aliphatic carbocycles. The van der Waals surface area contributed by atoms with Crippen molar-refractivity contribution in [3.63, 3.8) is 0 Å². The van der Waals surface area contributed by atoms with Crippen molar-refractivity contribution in [1.82, 2.24) is 30.8 Å². The fourth-order valence-electron chi connectivity index (χ4n) is 8.64. The van der Waals surface area contributed by atoms with Gasteiger partial charge in [0.15, 0.2) is 10.9 Å². The van der Waals surface area contributed by atoms with Gasteiger partial charge in [-0.15, -0.1) is 11.3 Å². The van der Waals surface area contributed by atoms with Crippen molar-refractivity contribution >= 4 is 57.0 Å². The van der Waals surface area contributed by atoms with Gasteiger partial charge in [-0.3, -0.25) is 14.4 Å². The molecule has 4 amide bonds. The molecule has 2 aliphatic heterocycles. The Morgan fingerprint density at radius 3 is 2.40 bits per heavy atom. The first-order valence-electron chi connectivity index (χ1n) is 21.8. The third-order valence-corrected chi connectivity index (χ3v) is 12.9. The highest BCUT2D eigenvalue weighted by Gasteiger charge is 2.62. The number of carbonyl (C=O) groups excluding carboxylic acids is 4. The summed E-state index contributed by atoms with van der Waals surface area (Å²) >= 11 is 1.45. The third-order valence-electron chi connectivity index (χ3n) is 12.1. The number of hydrogen-bond donors (Lipinski definition) is 5. The van der Waals surface area contributed by atoms with E-state index in [0.29, 0.717) is 53.1 Å². The Morgan fingerprint density at radius 1 is 0.968 bits per heavy atom. The summed E-state index contributed by atoms with van der Waals surface area (Å²) in [7, 11) is 1.56. The lowest BCUT2D eigenvalue weighted by Crippen LogP contribution is -2.58. The predicted molar refractivity (Wildman–Crippen MR) is 236 cm³/mol. The Balaban J connectivity index is 1.19. The van der Waals surface area contributed by atoms with Crippen LogP contribution in [0.2, 0.25) is 0 Å². The van der Waals surface area contributed by atoms with Gasteiger partial charge in [0.05, 0.1) is 30.9 Å². The van der Waals surface area contributed by atoms with Crippen molar-refractivity contribution in [2.45, 2.75) is 121 Å². The lowest BCUT2D eigenvalue weighted by molar-refractivity contribution is -0.145. The lowest BCUT2D eigenvalue weighted by atomic mass is 9.95. The Morgan fingerprint density at radius 2 is 1.70 bits per heavy atom. The normalized spacial score (nSPS) is 23.5. The van der Waals surface area contributed by atoms with Crippen LogP contribution >= 0.6 is 11.3 Å². The molecule has 5 N–H and O–H groups in total. The monoisotopic (exact) mass is 885 g/mol. The van der Waals surface area contributed by atoms with E-state index < -0.39 is 65.2 Å². The first-order chi connectivity index (χ1) is 30.1. The zero-order chi connectivity index (χ0) is 45.0. The molecule has 63 heavy (non-hydrogen) atoms. The van der Waals surface area contributed by atoms with Crippen LogP contribution in [0.5, 0.6) is 11.5 Å². The maximum Gasteiger partial charge on any atom is 0.329 e. The number of pyridine rings is 1. The van der Waals surface area contributed by atoms with E-state index in [-0.39, 0.29) is 42.8 Å². The molecule has 2 aromatic heterocycles. The van der Waals surface area contributed by atoms with Gasteiger partial charge in [0.1, 0.15) is 46.7 Å². The van der Waals surface area contributed by atoms with Gasteiger partial charge in [-0.05, 0) is 81.3 Å². The molecule has 3 aliphatic rings. The number of aliphatic carboxylic acids is 1. The summed E-state index contributed by atoms with van der Waals surface area (Å²) in [5, 5.41) is 25.4. The van der Waals surface area contributed by atoms with Gasteiger partial charge in [-0.1, -0.05) is 46.0 Å². The molecule has 3 fully saturated rings. The molecule has 4 heterocycles. The largest absolute Gasteiger partial charge is 0.497 e. The number of nitrogens with zero attached hydrogens (tertiary/aromatic N) is 3. The fraction of sp³-hybridized carbons (Fsp3) is 0.500. The van der Waals surface area contributed by atoms with E-state index in [1.807, 2.05) is 25.3 Å². The van der Waals surface area contributed by atoms with Crippen molar-refractivity contribution in [2.24, 2.45) is 11.8 Å². The number of ketones is 1. The summed E-state index contributed by atoms with van der Waals surface area (Å²) in [5.74, 6) is -2.73. The molecular weight excluding hydrogens is 830 g/mol. The highest BCUT2D eigenvalue weighted by atomic mass is 32.1. The minimum absolute atomic E-state index is 0.0346. The number of halogens is 1. The molecule has 2 saturated heterocycles. The highest BCUT2D eigenvalue weighted by molar-refractivity contribution is 7.14. The average molecular weight is 886 g/mol. The van der Waals surface area contributed by atoms with Crippen LogP contribution in [0.15, 0.2) is 53.9 Å². The second-order valence-electron chi connectivity index (χ2n) is 17.5. The van der Waals surface area contributed by atoms with Crippen molar-refractivity contribution < 1.29 is 42.9 Å². The number of benzene rings is 2. The second-order valence-corrected chi connectivity index (χ2v) is 18.3. The van der Waals surface area contributed by atoms with E-state index in [4.69, 9.17) is 19.4 Å². The number of nitrogens with one attached hydrogen (secondary N) is 4. The molecule has 17 heteroatoms. The highest BCUT2D eigenvalue weighted by Crippen LogP contribution is 2.48. The first-order valence-corrected chi connectivity index (χ1v) is 22.6. The molecule has 1 unspecified atom stereocenters. The average Bonchev–Trinajstić information content (AvgIpc) is 3.51. The van der Waals surface area contributed by atoms with Gasteiger partial charge in [0.25, 0.3) is 0 Å². The minimum Gasteiger partial charge on any atom is -0.497 e. The van der Waals surface area contributed by atoms with E-state index in [1.165, 1.54) is 40.5 Å². The topological polar surface area (TPSA) is 201 Å². The van der Waals surface area contributed by atoms with E-state index in [1.54, 1.807) is 39.2 Å². The van der Waals surface area contributed by atoms with E-state index >= 15 is 0 Å². The van der Waals surface area contributed by atoms with E-state index in [0.717, 1.165) is 30.8 Å². The molecule has 15 nitrogen and oxygen atoms in total. The van der Waals surface area contributed by atoms with Crippen LogP contribution < -0.4 is 30.7 Å². The number of carbonyl (C=O) groups is 5. The number of thiazole rings is 1. The number of anilines is 1. The standard InChI is InChI=1S/C46H56FN7O8S/c1-25(2)39(40(55)27-13-15-29(47)16-14-27)52-44(60)50-33-12-10-8-6-7-9-11-28-22-46(28,43(58)59)53-41(56)37-20-31(23-54(37)42(33)57)62-38-21-35(36-24-63-45(51-36)48-26(3)4)49-34-19-30(61-5)17-18-32(34)38/h13-19,21,24-26,28,31,33,37,39H,6-12,20,22-23H2,1-5H3,(H,48,51)(H,53,56)(H,58,59)(H2,50,52,60)/t28?,31-,33+,37+,39+,46-/m1/s1. The predicted octanol–water partition coefficient (Wildman–Crippen LogP) is 6.95. The van der Waals surface area contributed by atoms with Crippen molar-refractivity contribution in [3.05, 3.63) is 65.3 Å². The summed E-state index contributed by atoms with van der Waals surface area (Å²) in [6.07, 6.45) is 4.37. The quantitative estimate of drug-likeness (QED) is 0.0922. The number of urea groups is 1. The fourth-order valence-corrected chi connectivity index (χ4v) is 9.49. The third kappa shape index (κ3) is 10.4. The van der Waals surface area contributed by atoms with Gasteiger partial charge < -0.3 is 40.7 Å². The van der Waals surface area contributed by atoms with Crippen molar-refractivity contribution in [2.75, 3.05) is 19.0 Å². The van der Waals surface area contributed by atoms with Crippen LogP contribution in [0.1, 0.15) is 95.8 Å². The summed E-state index contributed by atoms with van der Waals surface area (Å²) in [6.45, 7) is 7.54. The number of amides is 4. The maximum atomic E-state index is 14.8. The Hall–Kier alpha value is -5.84. The zero-order valence-electron chi connectivity index (χ0n) is 36.2. The molecule has 0 spiro atoms. The Bertz CT molecular complexity index is 2340. The number of Topliss-reactive ketones (excluding diaryl/α,β-unsaturated/α-hetero) is 1. The van der Waals surface area contributed by atoms with Gasteiger partial charge in [-0.2, -0.15) is 0 Å². The molecule has 336 valence electrons. The number of carboxylic acid groups (broad SMARTS) is 1. The van der Waals surface area contributed by atoms with Crippen LogP contribution in [0.4, 0.5) is 14.3 Å². The molecule has 1 saturated carbocycles. The second kappa shape index (κ2) is 19.3. The van der Waals surface area contributed by atoms with Crippen LogP contribution in [0.25, 0.3) is 22.3 Å². The number of fused-ring (bicyclic) bond motifs is 3. The summed E-state index contributed by atoms with van der Waals surface area (Å²) in [4.78, 5) is 80.3. The number of hydrogen-bond acceptors (Lipinski definition) is 11. The van der Waals surface area contributed by atoms with Gasteiger partial charge in [0, 0.05) is 40.9 Å². The SMILES string of the molecule is COc1ccc2c(O[C@@H]3C[C@H]4C(=O)N[C@]5(C(=O)O)CC5CCCCCCC[C@H](NC(=O)N[C@H](C(=O)c5ccc(F)cc5)C(C)C)C(=O)N4C3)cc(-c3csc(NC(C)C)n3)nc2c1. The molecule has 0 bridgehead atoms. The number of rotatable bonds is 12. The van der Waals surface area contributed by atoms with Crippen molar-refractivity contribution in [1.29, 1.82) is 0 Å². The number of ether oxygens (including phenoxy) is 2. The van der Waals surface area contributed by atoms with Gasteiger partial charge in [-0.25, -0.2) is 23.9 Å². The maximum absolute atomic E-state index is 14.8. The summed E-state index contributed by atoms with van der Waals surface area (Å²) in [6, 6.07) is 8.46. The van der Waals surface area contributed by atoms with E-state index in [2.05, 4.69) is 21.3 Å². The molecule has 2 aromatic carbocycles. The smallest absolute Gasteiger partial charge is 0.329 e.